The molecule has 4 atom stereocenters. The van der Waals surface area contributed by atoms with E-state index in [1.54, 1.807) is 46.6 Å². The third-order valence-electron chi connectivity index (χ3n) is 8.31. The van der Waals surface area contributed by atoms with Crippen molar-refractivity contribution in [1.82, 2.24) is 26.4 Å². The van der Waals surface area contributed by atoms with Crippen molar-refractivity contribution in [2.24, 2.45) is 11.8 Å². The second kappa shape index (κ2) is 22.0. The van der Waals surface area contributed by atoms with Crippen LogP contribution in [0.5, 0.6) is 5.75 Å². The van der Waals surface area contributed by atoms with Gasteiger partial charge < -0.3 is 35.3 Å². The summed E-state index contributed by atoms with van der Waals surface area (Å²) < 4.78 is 16.0. The van der Waals surface area contributed by atoms with E-state index in [1.165, 1.54) is 0 Å². The predicted octanol–water partition coefficient (Wildman–Crippen LogP) is 4.73. The van der Waals surface area contributed by atoms with Gasteiger partial charge in [-0.2, -0.15) is 0 Å². The van der Waals surface area contributed by atoms with Gasteiger partial charge in [-0.3, -0.25) is 15.0 Å². The van der Waals surface area contributed by atoms with Crippen molar-refractivity contribution in [2.75, 3.05) is 19.8 Å². The zero-order valence-electron chi connectivity index (χ0n) is 31.5. The molecule has 3 aromatic rings. The minimum atomic E-state index is -1.21. The van der Waals surface area contributed by atoms with Crippen LogP contribution in [0.2, 0.25) is 0 Å². The number of hydrogen-bond acceptors (Lipinski definition) is 9. The summed E-state index contributed by atoms with van der Waals surface area (Å²) in [5, 5.41) is 21.6. The summed E-state index contributed by atoms with van der Waals surface area (Å²) in [6, 6.07) is 23.8. The Balaban J connectivity index is 1.87. The van der Waals surface area contributed by atoms with E-state index in [0.717, 1.165) is 16.7 Å². The molecule has 0 aliphatic rings. The van der Waals surface area contributed by atoms with Gasteiger partial charge in [0.25, 0.3) is 5.91 Å². The number of nitrogens with one attached hydrogen (secondary N) is 4. The van der Waals surface area contributed by atoms with Crippen molar-refractivity contribution < 1.29 is 38.5 Å². The molecule has 3 rings (SSSR count). The minimum absolute atomic E-state index is 0.113. The summed E-state index contributed by atoms with van der Waals surface area (Å²) in [6.07, 6.45) is -2.39. The normalized spacial score (nSPS) is 13.4. The number of rotatable bonds is 20. The molecule has 13 heteroatoms. The van der Waals surface area contributed by atoms with Crippen LogP contribution in [-0.4, -0.2) is 78.1 Å². The first-order valence-corrected chi connectivity index (χ1v) is 18.1. The van der Waals surface area contributed by atoms with Gasteiger partial charge in [-0.25, -0.2) is 14.6 Å². The minimum Gasteiger partial charge on any atom is -0.489 e. The largest absolute Gasteiger partial charge is 0.489 e. The molecule has 288 valence electrons. The first-order valence-electron chi connectivity index (χ1n) is 18.1. The monoisotopic (exact) mass is 733 g/mol. The van der Waals surface area contributed by atoms with Gasteiger partial charge in [0.2, 0.25) is 5.91 Å². The number of nitrogens with zero attached hydrogens (tertiary/aromatic N) is 1. The molecule has 0 unspecified atom stereocenters. The first kappa shape index (κ1) is 42.3. The van der Waals surface area contributed by atoms with E-state index in [2.05, 4.69) is 21.4 Å². The number of hydrogen-bond donors (Lipinski definition) is 5. The SMILES string of the molecule is CCOC(=O)N[C@H](C(=O)N[C@@H](Cc1ccccc1)[C@@H](O)CN(Cc1ccc(OCc2ccccc2)cc1)NC(=O)[C@@H](NC(=O)OCC)C(C)C)C(C)C. The lowest BCUT2D eigenvalue weighted by Crippen LogP contribution is -2.59. The van der Waals surface area contributed by atoms with Gasteiger partial charge in [-0.1, -0.05) is 100 Å². The molecule has 0 aromatic heterocycles. The molecule has 0 bridgehead atoms. The van der Waals surface area contributed by atoms with Crippen LogP contribution in [0.15, 0.2) is 84.9 Å². The average Bonchev–Trinajstić information content (AvgIpc) is 3.13. The topological polar surface area (TPSA) is 168 Å². The van der Waals surface area contributed by atoms with Gasteiger partial charge in [0.15, 0.2) is 0 Å². The Labute approximate surface area is 312 Å². The van der Waals surface area contributed by atoms with E-state index < -0.39 is 48.2 Å². The number of carbonyl (C=O) groups is 4. The number of alkyl carbamates (subject to hydrolysis) is 2. The molecule has 0 saturated heterocycles. The fourth-order valence-corrected chi connectivity index (χ4v) is 5.47. The lowest BCUT2D eigenvalue weighted by molar-refractivity contribution is -0.131. The molecule has 0 fully saturated rings. The highest BCUT2D eigenvalue weighted by Gasteiger charge is 2.32. The Morgan fingerprint density at radius 2 is 1.17 bits per heavy atom. The molecule has 5 N–H and O–H groups in total. The molecule has 3 aromatic carbocycles. The van der Waals surface area contributed by atoms with Crippen LogP contribution >= 0.6 is 0 Å². The molecular weight excluding hydrogens is 678 g/mol. The van der Waals surface area contributed by atoms with Crippen LogP contribution in [-0.2, 0) is 38.6 Å². The summed E-state index contributed by atoms with van der Waals surface area (Å²) >= 11 is 0. The van der Waals surface area contributed by atoms with Crippen LogP contribution in [0.1, 0.15) is 58.2 Å². The van der Waals surface area contributed by atoms with Crippen molar-refractivity contribution in [2.45, 2.75) is 85.3 Å². The maximum atomic E-state index is 13.7. The number of aliphatic hydroxyl groups is 1. The lowest BCUT2D eigenvalue weighted by Gasteiger charge is -2.33. The molecule has 0 radical (unpaired) electrons. The average molecular weight is 734 g/mol. The highest BCUT2D eigenvalue weighted by Crippen LogP contribution is 2.17. The van der Waals surface area contributed by atoms with Crippen LogP contribution in [0.4, 0.5) is 9.59 Å². The summed E-state index contributed by atoms with van der Waals surface area (Å²) in [7, 11) is 0. The number of hydrazine groups is 1. The zero-order chi connectivity index (χ0) is 38.8. The smallest absolute Gasteiger partial charge is 0.407 e. The van der Waals surface area contributed by atoms with Crippen molar-refractivity contribution in [3.05, 3.63) is 102 Å². The Hall–Kier alpha value is -5.14. The third kappa shape index (κ3) is 14.8. The Morgan fingerprint density at radius 1 is 0.660 bits per heavy atom. The van der Waals surface area contributed by atoms with Crippen LogP contribution in [0.3, 0.4) is 0 Å². The third-order valence-corrected chi connectivity index (χ3v) is 8.31. The summed E-state index contributed by atoms with van der Waals surface area (Å²) in [5.74, 6) is -0.923. The van der Waals surface area contributed by atoms with Gasteiger partial charge in [-0.15, -0.1) is 0 Å². The molecule has 0 aliphatic carbocycles. The molecule has 0 spiro atoms. The van der Waals surface area contributed by atoms with Crippen LogP contribution < -0.4 is 26.1 Å². The first-order chi connectivity index (χ1) is 25.4. The fraction of sp³-hybridized carbons (Fsp3) is 0.450. The molecule has 13 nitrogen and oxygen atoms in total. The lowest BCUT2D eigenvalue weighted by atomic mass is 9.98. The number of amides is 4. The predicted molar refractivity (Wildman–Crippen MR) is 201 cm³/mol. The molecule has 0 heterocycles. The number of aliphatic hydroxyl groups excluding tert-OH is 1. The van der Waals surface area contributed by atoms with Crippen molar-refractivity contribution in [1.29, 1.82) is 0 Å². The van der Waals surface area contributed by atoms with Gasteiger partial charge >= 0.3 is 12.2 Å². The Morgan fingerprint density at radius 3 is 1.68 bits per heavy atom. The van der Waals surface area contributed by atoms with E-state index in [0.29, 0.717) is 12.4 Å². The van der Waals surface area contributed by atoms with Crippen molar-refractivity contribution >= 4 is 24.0 Å². The maximum absolute atomic E-state index is 13.7. The van der Waals surface area contributed by atoms with E-state index in [-0.39, 0.29) is 44.6 Å². The molecule has 0 aliphatic heterocycles. The maximum Gasteiger partial charge on any atom is 0.407 e. The van der Waals surface area contributed by atoms with Crippen molar-refractivity contribution in [3.63, 3.8) is 0 Å². The number of carbonyl (C=O) groups excluding carboxylic acids is 4. The molecule has 53 heavy (non-hydrogen) atoms. The highest BCUT2D eigenvalue weighted by molar-refractivity contribution is 5.86. The summed E-state index contributed by atoms with van der Waals surface area (Å²) in [4.78, 5) is 51.9. The number of ether oxygens (including phenoxy) is 3. The van der Waals surface area contributed by atoms with Crippen LogP contribution in [0, 0.1) is 11.8 Å². The molecule has 4 amide bonds. The van der Waals surface area contributed by atoms with Crippen LogP contribution in [0.25, 0.3) is 0 Å². The number of benzene rings is 3. The van der Waals surface area contributed by atoms with E-state index in [1.807, 2.05) is 84.9 Å². The van der Waals surface area contributed by atoms with Gasteiger partial charge in [0.05, 0.1) is 25.4 Å². The van der Waals surface area contributed by atoms with Gasteiger partial charge in [0, 0.05) is 13.1 Å². The van der Waals surface area contributed by atoms with E-state index in [9.17, 15) is 24.3 Å². The quantitative estimate of drug-likeness (QED) is 0.103. The standard InChI is InChI=1S/C40H55N5O8/c1-7-51-39(49)42-35(27(3)4)37(47)41-33(23-29-15-11-9-12-16-29)34(46)25-45(44-38(48)36(28(5)6)43-40(50)52-8-2)24-30-19-21-32(22-20-30)53-26-31-17-13-10-14-18-31/h9-22,27-28,33-36,46H,7-8,23-26H2,1-6H3,(H,41,47)(H,42,49)(H,43,50)(H,44,48)/t33-,34-,35-,36-/m0/s1. The van der Waals surface area contributed by atoms with Gasteiger partial charge in [-0.05, 0) is 60.9 Å². The molecular formula is C40H55N5O8. The Kier molecular flexibility index (Phi) is 17.6. The fourth-order valence-electron chi connectivity index (χ4n) is 5.47. The second-order valence-corrected chi connectivity index (χ2v) is 13.3. The van der Waals surface area contributed by atoms with Crippen molar-refractivity contribution in [3.8, 4) is 5.75 Å². The highest BCUT2D eigenvalue weighted by atomic mass is 16.6. The summed E-state index contributed by atoms with van der Waals surface area (Å²) in [6.45, 7) is 11.3. The Bertz CT molecular complexity index is 1560. The summed E-state index contributed by atoms with van der Waals surface area (Å²) in [5.41, 5.74) is 5.57. The van der Waals surface area contributed by atoms with E-state index >= 15 is 0 Å². The molecule has 0 saturated carbocycles. The van der Waals surface area contributed by atoms with E-state index in [4.69, 9.17) is 14.2 Å². The zero-order valence-corrected chi connectivity index (χ0v) is 31.5. The van der Waals surface area contributed by atoms with Gasteiger partial charge in [0.1, 0.15) is 24.4 Å². The second-order valence-electron chi connectivity index (χ2n) is 13.3.